The molecule has 2 heterocycles. The van der Waals surface area contributed by atoms with E-state index in [4.69, 9.17) is 16.5 Å². The third-order valence-electron chi connectivity index (χ3n) is 7.91. The van der Waals surface area contributed by atoms with Crippen molar-refractivity contribution in [2.45, 2.75) is 46.1 Å². The van der Waals surface area contributed by atoms with Crippen LogP contribution in [0, 0.1) is 18.3 Å². The molecule has 1 aliphatic rings. The van der Waals surface area contributed by atoms with Gasteiger partial charge in [-0.1, -0.05) is 73.7 Å². The van der Waals surface area contributed by atoms with Gasteiger partial charge in [0.2, 0.25) is 0 Å². The number of nitriles is 1. The van der Waals surface area contributed by atoms with Crippen LogP contribution in [-0.2, 0) is 0 Å². The molecule has 0 bridgehead atoms. The van der Waals surface area contributed by atoms with Crippen LogP contribution in [0.5, 0.6) is 0 Å². The molecule has 3 aromatic rings. The standard InChI is InChI=1S/C37H43N7/c1-5-19-44(36(22-39)27(4)29-9-7-26(3)8-10-29)25-28(6-2)30-11-13-31(14-12-30)35-20-32(23-43-37(35)40)33(21-38)24-42-34-15-17-41-18-16-34/h6-14,20-21,23-25,34,41H,2,5,15-19,38H2,1,3-4H3,(H2,40,43)/b28-25+,33-21?,36-27+,42-24?. The Morgan fingerprint density at radius 3 is 2.39 bits per heavy atom. The van der Waals surface area contributed by atoms with Gasteiger partial charge in [-0.05, 0) is 80.1 Å². The zero-order valence-corrected chi connectivity index (χ0v) is 26.1. The molecule has 44 heavy (non-hydrogen) atoms. The second kappa shape index (κ2) is 15.5. The minimum Gasteiger partial charge on any atom is -0.404 e. The Kier molecular flexibility index (Phi) is 11.3. The van der Waals surface area contributed by atoms with E-state index in [1.165, 1.54) is 5.56 Å². The third-order valence-corrected chi connectivity index (χ3v) is 7.91. The van der Waals surface area contributed by atoms with Crippen LogP contribution in [0.2, 0.25) is 0 Å². The summed E-state index contributed by atoms with van der Waals surface area (Å²) >= 11 is 0. The summed E-state index contributed by atoms with van der Waals surface area (Å²) in [4.78, 5) is 11.3. The quantitative estimate of drug-likeness (QED) is 0.127. The number of aryl methyl sites for hydroxylation is 1. The van der Waals surface area contributed by atoms with E-state index in [2.05, 4.69) is 61.1 Å². The van der Waals surface area contributed by atoms with Gasteiger partial charge in [-0.25, -0.2) is 4.98 Å². The predicted octanol–water partition coefficient (Wildman–Crippen LogP) is 6.96. The number of allylic oxidation sites excluding steroid dienone is 5. The topological polar surface area (TPSA) is 116 Å². The number of benzene rings is 2. The van der Waals surface area contributed by atoms with E-state index < -0.39 is 0 Å². The molecule has 4 rings (SSSR count). The maximum Gasteiger partial charge on any atom is 0.131 e. The van der Waals surface area contributed by atoms with E-state index in [1.54, 1.807) is 12.4 Å². The van der Waals surface area contributed by atoms with Gasteiger partial charge in [0.1, 0.15) is 17.6 Å². The predicted molar refractivity (Wildman–Crippen MR) is 185 cm³/mol. The molecule has 0 atom stereocenters. The van der Waals surface area contributed by atoms with Gasteiger partial charge in [0, 0.05) is 48.1 Å². The summed E-state index contributed by atoms with van der Waals surface area (Å²) in [5.74, 6) is 0.442. The lowest BCUT2D eigenvalue weighted by Gasteiger charge is -2.22. The van der Waals surface area contributed by atoms with Crippen molar-refractivity contribution in [2.75, 3.05) is 25.4 Å². The Morgan fingerprint density at radius 1 is 1.09 bits per heavy atom. The summed E-state index contributed by atoms with van der Waals surface area (Å²) in [7, 11) is 0. The van der Waals surface area contributed by atoms with Crippen LogP contribution in [0.15, 0.2) is 96.5 Å². The lowest BCUT2D eigenvalue weighted by Crippen LogP contribution is -2.29. The van der Waals surface area contributed by atoms with Crippen molar-refractivity contribution >= 4 is 28.8 Å². The number of nitrogens with zero attached hydrogens (tertiary/aromatic N) is 4. The summed E-state index contributed by atoms with van der Waals surface area (Å²) in [5.41, 5.74) is 21.4. The Morgan fingerprint density at radius 2 is 1.77 bits per heavy atom. The van der Waals surface area contributed by atoms with Crippen molar-refractivity contribution in [3.05, 3.63) is 114 Å². The number of hydrogen-bond acceptors (Lipinski definition) is 7. The second-order valence-corrected chi connectivity index (χ2v) is 11.0. The van der Waals surface area contributed by atoms with Crippen molar-refractivity contribution < 1.29 is 0 Å². The molecule has 1 saturated heterocycles. The summed E-state index contributed by atoms with van der Waals surface area (Å²) in [6.45, 7) is 12.9. The third kappa shape index (κ3) is 7.91. The molecule has 1 aliphatic heterocycles. The Labute approximate surface area is 262 Å². The number of nitrogens with one attached hydrogen (secondary N) is 1. The fourth-order valence-electron chi connectivity index (χ4n) is 5.26. The summed E-state index contributed by atoms with van der Waals surface area (Å²) in [6.07, 6.45) is 11.9. The minimum absolute atomic E-state index is 0.298. The molecular formula is C37H43N7. The molecule has 7 heteroatoms. The first kappa shape index (κ1) is 32.0. The van der Waals surface area contributed by atoms with E-state index >= 15 is 0 Å². The van der Waals surface area contributed by atoms with Gasteiger partial charge in [-0.3, -0.25) is 4.99 Å². The second-order valence-electron chi connectivity index (χ2n) is 11.0. The monoisotopic (exact) mass is 585 g/mol. The first-order chi connectivity index (χ1) is 21.4. The largest absolute Gasteiger partial charge is 0.404 e. The fraction of sp³-hybridized carbons (Fsp3) is 0.270. The summed E-state index contributed by atoms with van der Waals surface area (Å²) in [6, 6.07) is 21.2. The molecule has 0 spiro atoms. The average molecular weight is 586 g/mol. The van der Waals surface area contributed by atoms with Crippen LogP contribution < -0.4 is 16.8 Å². The fourth-order valence-corrected chi connectivity index (χ4v) is 5.26. The van der Waals surface area contributed by atoms with Crippen LogP contribution in [0.4, 0.5) is 5.82 Å². The highest BCUT2D eigenvalue weighted by Gasteiger charge is 2.15. The number of anilines is 1. The van der Waals surface area contributed by atoms with Crippen LogP contribution in [0.1, 0.15) is 55.4 Å². The number of piperidine rings is 1. The number of pyridine rings is 1. The highest BCUT2D eigenvalue weighted by molar-refractivity contribution is 6.10. The van der Waals surface area contributed by atoms with Crippen LogP contribution in [0.3, 0.4) is 0 Å². The average Bonchev–Trinajstić information content (AvgIpc) is 3.05. The molecule has 0 unspecified atom stereocenters. The Bertz CT molecular complexity index is 1600. The van der Waals surface area contributed by atoms with Crippen molar-refractivity contribution in [2.24, 2.45) is 10.7 Å². The molecule has 2 aromatic carbocycles. The van der Waals surface area contributed by atoms with Gasteiger partial charge in [-0.2, -0.15) is 5.26 Å². The van der Waals surface area contributed by atoms with E-state index in [9.17, 15) is 5.26 Å². The highest BCUT2D eigenvalue weighted by Crippen LogP contribution is 2.30. The zero-order valence-electron chi connectivity index (χ0n) is 26.1. The molecule has 0 aliphatic carbocycles. The van der Waals surface area contributed by atoms with Crippen molar-refractivity contribution in [3.63, 3.8) is 0 Å². The molecule has 226 valence electrons. The number of nitrogens with two attached hydrogens (primary N) is 2. The summed E-state index contributed by atoms with van der Waals surface area (Å²) in [5, 5.41) is 13.6. The molecule has 7 nitrogen and oxygen atoms in total. The molecule has 0 radical (unpaired) electrons. The van der Waals surface area contributed by atoms with Crippen molar-refractivity contribution in [1.29, 1.82) is 5.26 Å². The van der Waals surface area contributed by atoms with Gasteiger partial charge in [-0.15, -0.1) is 0 Å². The number of aliphatic imine (C=N–C) groups is 1. The van der Waals surface area contributed by atoms with E-state index in [0.717, 1.165) is 76.9 Å². The molecule has 0 saturated carbocycles. The molecule has 5 N–H and O–H groups in total. The van der Waals surface area contributed by atoms with Gasteiger partial charge in [0.25, 0.3) is 0 Å². The maximum absolute atomic E-state index is 10.2. The number of hydrogen-bond donors (Lipinski definition) is 3. The molecule has 1 aromatic heterocycles. The van der Waals surface area contributed by atoms with Gasteiger partial charge in [0.15, 0.2) is 0 Å². The van der Waals surface area contributed by atoms with Crippen LogP contribution >= 0.6 is 0 Å². The lowest BCUT2D eigenvalue weighted by molar-refractivity contribution is 0.461. The van der Waals surface area contributed by atoms with E-state index in [-0.39, 0.29) is 0 Å². The number of rotatable bonds is 11. The molecule has 1 fully saturated rings. The lowest BCUT2D eigenvalue weighted by atomic mass is 9.98. The van der Waals surface area contributed by atoms with Crippen LogP contribution in [0.25, 0.3) is 27.8 Å². The Hall–Kier alpha value is -4.93. The molecular weight excluding hydrogens is 542 g/mol. The zero-order chi connectivity index (χ0) is 31.5. The van der Waals surface area contributed by atoms with E-state index in [1.807, 2.05) is 60.6 Å². The number of nitrogen functional groups attached to an aromatic ring is 1. The first-order valence-corrected chi connectivity index (χ1v) is 15.2. The maximum atomic E-state index is 10.2. The molecule has 0 amide bonds. The highest BCUT2D eigenvalue weighted by atomic mass is 15.1. The Balaban J connectivity index is 1.62. The summed E-state index contributed by atoms with van der Waals surface area (Å²) < 4.78 is 0. The van der Waals surface area contributed by atoms with Crippen molar-refractivity contribution in [3.8, 4) is 17.2 Å². The van der Waals surface area contributed by atoms with E-state index in [0.29, 0.717) is 24.1 Å². The smallest absolute Gasteiger partial charge is 0.131 e. The first-order valence-electron chi connectivity index (χ1n) is 15.2. The van der Waals surface area contributed by atoms with Gasteiger partial charge in [0.05, 0.1) is 6.04 Å². The van der Waals surface area contributed by atoms with Crippen molar-refractivity contribution in [1.82, 2.24) is 15.2 Å². The van der Waals surface area contributed by atoms with Gasteiger partial charge >= 0.3 is 0 Å². The van der Waals surface area contributed by atoms with Gasteiger partial charge < -0.3 is 21.7 Å². The SMILES string of the molecule is C=C/C(=C\N(CCC)/C(C#N)=C(\C)c1ccc(C)cc1)c1ccc(-c2cc(C(C=NC3CCNCC3)=CN)cnc2N)cc1. The minimum atomic E-state index is 0.298. The number of aromatic nitrogens is 1. The van der Waals surface area contributed by atoms with Crippen LogP contribution in [-0.4, -0.2) is 41.8 Å². The normalized spacial score (nSPS) is 15.1.